The Morgan fingerprint density at radius 1 is 0.571 bits per heavy atom. The Bertz CT molecular complexity index is 1800. The molecule has 0 radical (unpaired) electrons. The van der Waals surface area contributed by atoms with E-state index in [0.29, 0.717) is 0 Å². The minimum atomic E-state index is -4.74. The van der Waals surface area contributed by atoms with Gasteiger partial charge >= 0.3 is 20.2 Å². The highest BCUT2D eigenvalue weighted by atomic mass is 32.2. The van der Waals surface area contributed by atoms with Gasteiger partial charge in [-0.1, -0.05) is 9.46 Å². The summed E-state index contributed by atoms with van der Waals surface area (Å²) in [6, 6.07) is 7.10. The highest BCUT2D eigenvalue weighted by Gasteiger charge is 2.37. The number of benzene rings is 2. The number of nitro groups is 2. The maximum Gasteiger partial charge on any atom is 0.357 e. The van der Waals surface area contributed by atoms with Crippen LogP contribution in [0.5, 0.6) is 23.5 Å². The zero-order valence-electron chi connectivity index (χ0n) is 20.5. The summed E-state index contributed by atoms with van der Waals surface area (Å²) in [6.07, 6.45) is -0.934. The Kier molecular flexibility index (Phi) is 6.38. The molecule has 2 aromatic carbocycles. The SMILES string of the molecule is O=[N+]([O-])c1ccc(S(=O)(=O)On2c(O)c3c(c2O)Cc2c(c(O)n(OS(=O)(=O)c4ccc([N+](=O)[O-])cc4)c2O)C3)cc1. The van der Waals surface area contributed by atoms with Crippen LogP contribution >= 0.6 is 0 Å². The van der Waals surface area contributed by atoms with E-state index in [-0.39, 0.29) is 31.7 Å². The van der Waals surface area contributed by atoms with Gasteiger partial charge in [0.05, 0.1) is 9.85 Å². The first-order valence-corrected chi connectivity index (χ1v) is 14.1. The highest BCUT2D eigenvalue weighted by Crippen LogP contribution is 2.46. The molecule has 0 unspecified atom stereocenters. The Hall–Kier alpha value is -5.50. The van der Waals surface area contributed by atoms with Crippen molar-refractivity contribution in [2.75, 3.05) is 0 Å². The molecule has 0 spiro atoms. The third-order valence-corrected chi connectivity index (χ3v) is 8.69. The van der Waals surface area contributed by atoms with Crippen molar-refractivity contribution in [1.29, 1.82) is 0 Å². The van der Waals surface area contributed by atoms with Gasteiger partial charge in [0.25, 0.3) is 11.4 Å². The van der Waals surface area contributed by atoms with Crippen LogP contribution in [0.25, 0.3) is 0 Å². The monoisotopic (exact) mass is 624 g/mol. The Balaban J connectivity index is 1.44. The lowest BCUT2D eigenvalue weighted by Crippen LogP contribution is -2.20. The summed E-state index contributed by atoms with van der Waals surface area (Å²) in [5.74, 6) is -3.65. The number of rotatable bonds is 8. The summed E-state index contributed by atoms with van der Waals surface area (Å²) in [4.78, 5) is 19.0. The first-order chi connectivity index (χ1) is 19.6. The summed E-state index contributed by atoms with van der Waals surface area (Å²) in [5.41, 5.74) is -1.40. The van der Waals surface area contributed by atoms with Gasteiger partial charge in [0, 0.05) is 59.4 Å². The van der Waals surface area contributed by atoms with Crippen LogP contribution in [-0.4, -0.2) is 56.6 Å². The van der Waals surface area contributed by atoms with Gasteiger partial charge in [-0.25, -0.2) is 0 Å². The maximum absolute atomic E-state index is 12.7. The van der Waals surface area contributed by atoms with Gasteiger partial charge in [0.1, 0.15) is 9.79 Å². The molecule has 1 aliphatic carbocycles. The van der Waals surface area contributed by atoms with Crippen LogP contribution in [0.2, 0.25) is 0 Å². The zero-order chi connectivity index (χ0) is 30.7. The first-order valence-electron chi connectivity index (χ1n) is 11.3. The van der Waals surface area contributed by atoms with Gasteiger partial charge in [0.2, 0.25) is 23.5 Å². The minimum absolute atomic E-state index is 0.149. The third-order valence-electron chi connectivity index (χ3n) is 6.30. The summed E-state index contributed by atoms with van der Waals surface area (Å²) < 4.78 is 60.8. The maximum atomic E-state index is 12.7. The lowest BCUT2D eigenvalue weighted by Gasteiger charge is -2.11. The third kappa shape index (κ3) is 4.53. The molecule has 18 nitrogen and oxygen atoms in total. The zero-order valence-corrected chi connectivity index (χ0v) is 22.1. The Morgan fingerprint density at radius 2 is 0.833 bits per heavy atom. The van der Waals surface area contributed by atoms with E-state index in [4.69, 9.17) is 8.57 Å². The van der Waals surface area contributed by atoms with Gasteiger partial charge in [-0.15, -0.1) is 0 Å². The molecule has 0 saturated carbocycles. The van der Waals surface area contributed by atoms with Crippen molar-refractivity contribution in [1.82, 2.24) is 9.46 Å². The second-order valence-electron chi connectivity index (χ2n) is 8.71. The van der Waals surface area contributed by atoms with Crippen LogP contribution in [0.3, 0.4) is 0 Å². The van der Waals surface area contributed by atoms with E-state index in [9.17, 15) is 57.5 Å². The summed E-state index contributed by atoms with van der Waals surface area (Å²) in [6.45, 7) is 0. The van der Waals surface area contributed by atoms with E-state index in [1.165, 1.54) is 0 Å². The van der Waals surface area contributed by atoms with Crippen LogP contribution in [0.1, 0.15) is 22.3 Å². The number of nitrogens with zero attached hydrogens (tertiary/aromatic N) is 4. The molecule has 0 saturated heterocycles. The van der Waals surface area contributed by atoms with Crippen molar-refractivity contribution < 1.29 is 55.7 Å². The van der Waals surface area contributed by atoms with Gasteiger partial charge in [-0.2, -0.15) is 16.8 Å². The molecular formula is C22H16N4O14S2. The van der Waals surface area contributed by atoms with Crippen LogP contribution < -0.4 is 8.57 Å². The fourth-order valence-electron chi connectivity index (χ4n) is 4.22. The lowest BCUT2D eigenvalue weighted by atomic mass is 9.90. The fourth-order valence-corrected chi connectivity index (χ4v) is 6.01. The standard InChI is InChI=1S/C22H16N4O14S2/c27-19-15-9-17-18(22(30)24(21(17)29)40-42(37,38)14-7-3-12(4-8-14)26(33)34)10-16(15)20(28)23(19)39-41(35,36)13-5-1-11(2-6-13)25(31)32/h1-8,27-30H,9-10H2. The number of non-ortho nitro benzene ring substituents is 2. The molecule has 5 rings (SSSR count). The van der Waals surface area contributed by atoms with Crippen molar-refractivity contribution >= 4 is 31.6 Å². The average molecular weight is 625 g/mol. The second-order valence-corrected chi connectivity index (χ2v) is 11.8. The van der Waals surface area contributed by atoms with E-state index in [1.807, 2.05) is 0 Å². The average Bonchev–Trinajstić information content (AvgIpc) is 3.31. The smallest absolute Gasteiger partial charge is 0.357 e. The number of nitro benzene ring substituents is 2. The molecule has 4 aromatic rings. The quantitative estimate of drug-likeness (QED) is 0.139. The Labute approximate surface area is 233 Å². The van der Waals surface area contributed by atoms with Gasteiger partial charge < -0.3 is 20.4 Å². The van der Waals surface area contributed by atoms with Crippen molar-refractivity contribution in [3.63, 3.8) is 0 Å². The molecule has 4 N–H and O–H groups in total. The predicted molar refractivity (Wildman–Crippen MR) is 135 cm³/mol. The molecule has 0 amide bonds. The van der Waals surface area contributed by atoms with Crippen LogP contribution in [0, 0.1) is 20.2 Å². The predicted octanol–water partition coefficient (Wildman–Crippen LogP) is 1.06. The molecular weight excluding hydrogens is 608 g/mol. The van der Waals surface area contributed by atoms with Crippen molar-refractivity contribution in [2.45, 2.75) is 22.6 Å². The molecule has 0 bridgehead atoms. The topological polar surface area (TPSA) is 264 Å². The molecule has 220 valence electrons. The Morgan fingerprint density at radius 3 is 1.07 bits per heavy atom. The van der Waals surface area contributed by atoms with Crippen molar-refractivity contribution in [3.8, 4) is 23.5 Å². The summed E-state index contributed by atoms with van der Waals surface area (Å²) in [5, 5.41) is 64.3. The van der Waals surface area contributed by atoms with Crippen LogP contribution in [0.4, 0.5) is 11.4 Å². The minimum Gasteiger partial charge on any atom is -0.492 e. The van der Waals surface area contributed by atoms with Crippen molar-refractivity contribution in [3.05, 3.63) is 91.0 Å². The first kappa shape index (κ1) is 28.0. The molecule has 42 heavy (non-hydrogen) atoms. The highest BCUT2D eigenvalue weighted by molar-refractivity contribution is 7.87. The molecule has 0 aliphatic heterocycles. The van der Waals surface area contributed by atoms with E-state index in [0.717, 1.165) is 48.5 Å². The molecule has 2 heterocycles. The number of fused-ring (bicyclic) bond motifs is 2. The second kappa shape index (κ2) is 9.55. The van der Waals surface area contributed by atoms with Gasteiger partial charge in [-0.05, 0) is 24.3 Å². The molecule has 0 atom stereocenters. The van der Waals surface area contributed by atoms with Gasteiger partial charge in [0.15, 0.2) is 0 Å². The molecule has 20 heteroatoms. The summed E-state index contributed by atoms with van der Waals surface area (Å²) >= 11 is 0. The van der Waals surface area contributed by atoms with E-state index >= 15 is 0 Å². The fraction of sp³-hybridized carbons (Fsp3) is 0.0909. The number of aromatic hydroxyl groups is 4. The summed E-state index contributed by atoms with van der Waals surface area (Å²) in [7, 11) is -9.48. The van der Waals surface area contributed by atoms with Crippen LogP contribution in [0.15, 0.2) is 58.3 Å². The van der Waals surface area contributed by atoms with Crippen molar-refractivity contribution in [2.24, 2.45) is 0 Å². The molecule has 2 aromatic heterocycles. The lowest BCUT2D eigenvalue weighted by molar-refractivity contribution is -0.385. The van der Waals surface area contributed by atoms with E-state index in [1.54, 1.807) is 0 Å². The van der Waals surface area contributed by atoms with Gasteiger partial charge in [-0.3, -0.25) is 28.8 Å². The normalized spacial score (nSPS) is 12.8. The van der Waals surface area contributed by atoms with E-state index in [2.05, 4.69) is 0 Å². The van der Waals surface area contributed by atoms with E-state index < -0.39 is 87.6 Å². The molecule has 1 aliphatic rings. The van der Waals surface area contributed by atoms with Crippen LogP contribution in [-0.2, 0) is 33.1 Å². The molecule has 0 fully saturated rings. The number of aromatic nitrogens is 2. The number of hydrogen-bond acceptors (Lipinski definition) is 14. The largest absolute Gasteiger partial charge is 0.492 e. The number of hydrogen-bond donors (Lipinski definition) is 4.